The van der Waals surface area contributed by atoms with Gasteiger partial charge in [0.15, 0.2) is 12.3 Å². The van der Waals surface area contributed by atoms with Crippen molar-refractivity contribution < 1.29 is 19.5 Å². The monoisotopic (exact) mass is 316 g/mol. The highest BCUT2D eigenvalue weighted by atomic mass is 16.3. The summed E-state index contributed by atoms with van der Waals surface area (Å²) in [5.74, 6) is 2.21. The van der Waals surface area contributed by atoms with Crippen molar-refractivity contribution in [3.63, 3.8) is 0 Å². The summed E-state index contributed by atoms with van der Waals surface area (Å²) in [7, 11) is 0. The first-order chi connectivity index (χ1) is 11.2. The van der Waals surface area contributed by atoms with Crippen LogP contribution in [0.1, 0.15) is 18.7 Å². The van der Waals surface area contributed by atoms with Crippen LogP contribution in [0.4, 0.5) is 5.82 Å². The van der Waals surface area contributed by atoms with Gasteiger partial charge in [0.1, 0.15) is 19.1 Å². The molecule has 1 amide bonds. The number of furan rings is 1. The van der Waals surface area contributed by atoms with E-state index in [0.717, 1.165) is 37.8 Å². The standard InChI is InChI=1S/C17H22N4O2/c1-14(15-5-4-12-23-15)19-13-17(22)21-10-8-20(9-11-21)16-6-2-3-7-18-16/h2-7,12,14,19H,8-11,13H2,1H3/p+2/t14-/m1/s1. The zero-order valence-corrected chi connectivity index (χ0v) is 13.4. The van der Waals surface area contributed by atoms with E-state index in [0.29, 0.717) is 6.54 Å². The molecule has 1 aliphatic rings. The second-order valence-electron chi connectivity index (χ2n) is 5.86. The van der Waals surface area contributed by atoms with E-state index in [2.05, 4.69) is 22.9 Å². The number of nitrogens with one attached hydrogen (secondary N) is 1. The molecule has 0 bridgehead atoms. The number of hydrogen-bond acceptors (Lipinski definition) is 3. The molecule has 3 rings (SSSR count). The van der Waals surface area contributed by atoms with Crippen LogP contribution < -0.4 is 15.2 Å². The molecular formula is C17H24N4O2+2. The molecule has 6 nitrogen and oxygen atoms in total. The summed E-state index contributed by atoms with van der Waals surface area (Å²) in [5, 5.41) is 2.03. The number of aromatic nitrogens is 1. The SMILES string of the molecule is C[C@@H]([NH2+]CC(=O)N1CCN(c2cccc[nH+]2)CC1)c1ccco1. The Hall–Kier alpha value is -2.34. The number of quaternary nitrogens is 1. The Bertz CT molecular complexity index is 607. The molecule has 1 saturated heterocycles. The Balaban J connectivity index is 1.45. The predicted octanol–water partition coefficient (Wildman–Crippen LogP) is 0.0669. The molecule has 1 aliphatic heterocycles. The molecule has 122 valence electrons. The van der Waals surface area contributed by atoms with Gasteiger partial charge in [-0.25, -0.2) is 4.98 Å². The second-order valence-corrected chi connectivity index (χ2v) is 5.86. The van der Waals surface area contributed by atoms with E-state index in [1.165, 1.54) is 0 Å². The van der Waals surface area contributed by atoms with Crippen molar-refractivity contribution in [3.05, 3.63) is 48.6 Å². The number of piperazine rings is 1. The maximum atomic E-state index is 12.4. The minimum Gasteiger partial charge on any atom is -0.463 e. The van der Waals surface area contributed by atoms with E-state index in [9.17, 15) is 4.79 Å². The van der Waals surface area contributed by atoms with Crippen molar-refractivity contribution in [3.8, 4) is 0 Å². The molecule has 2 aromatic heterocycles. The molecule has 3 heterocycles. The Labute approximate surface area is 136 Å². The van der Waals surface area contributed by atoms with Crippen LogP contribution in [0.5, 0.6) is 0 Å². The zero-order valence-electron chi connectivity index (χ0n) is 13.4. The van der Waals surface area contributed by atoms with Crippen LogP contribution in [0.3, 0.4) is 0 Å². The molecule has 0 spiro atoms. The van der Waals surface area contributed by atoms with Gasteiger partial charge in [-0.15, -0.1) is 0 Å². The van der Waals surface area contributed by atoms with E-state index in [4.69, 9.17) is 4.42 Å². The van der Waals surface area contributed by atoms with Crippen LogP contribution in [0, 0.1) is 0 Å². The van der Waals surface area contributed by atoms with E-state index >= 15 is 0 Å². The number of amides is 1. The number of hydrogen-bond donors (Lipinski definition) is 1. The van der Waals surface area contributed by atoms with Crippen LogP contribution in [0.2, 0.25) is 0 Å². The van der Waals surface area contributed by atoms with Gasteiger partial charge in [0.25, 0.3) is 11.7 Å². The highest BCUT2D eigenvalue weighted by molar-refractivity contribution is 5.77. The molecule has 1 atom stereocenters. The second kappa shape index (κ2) is 7.28. The van der Waals surface area contributed by atoms with Gasteiger partial charge in [-0.2, -0.15) is 0 Å². The number of H-pyrrole nitrogens is 1. The number of nitrogens with two attached hydrogens (primary N) is 1. The Kier molecular flexibility index (Phi) is 4.92. The number of anilines is 1. The minimum atomic E-state index is 0.161. The third kappa shape index (κ3) is 3.90. The summed E-state index contributed by atoms with van der Waals surface area (Å²) in [5.41, 5.74) is 0. The van der Waals surface area contributed by atoms with E-state index in [1.54, 1.807) is 6.26 Å². The fraction of sp³-hybridized carbons (Fsp3) is 0.412. The Morgan fingerprint density at radius 2 is 2.09 bits per heavy atom. The smallest absolute Gasteiger partial charge is 0.277 e. The molecule has 6 heteroatoms. The summed E-state index contributed by atoms with van der Waals surface area (Å²) in [4.78, 5) is 19.8. The molecule has 1 fully saturated rings. The topological polar surface area (TPSA) is 67.4 Å². The lowest BCUT2D eigenvalue weighted by Gasteiger charge is -2.30. The summed E-state index contributed by atoms with van der Waals surface area (Å²) < 4.78 is 5.37. The third-order valence-corrected chi connectivity index (χ3v) is 4.30. The van der Waals surface area contributed by atoms with E-state index in [1.807, 2.05) is 40.7 Å². The molecule has 3 N–H and O–H groups in total. The van der Waals surface area contributed by atoms with Crippen molar-refractivity contribution in [1.29, 1.82) is 0 Å². The lowest BCUT2D eigenvalue weighted by molar-refractivity contribution is -0.685. The number of pyridine rings is 1. The molecule has 0 unspecified atom stereocenters. The van der Waals surface area contributed by atoms with Crippen molar-refractivity contribution in [1.82, 2.24) is 4.90 Å². The van der Waals surface area contributed by atoms with Gasteiger partial charge in [0.05, 0.1) is 25.5 Å². The maximum Gasteiger partial charge on any atom is 0.277 e. The fourth-order valence-corrected chi connectivity index (χ4v) is 2.85. The minimum absolute atomic E-state index is 0.161. The van der Waals surface area contributed by atoms with Gasteiger partial charge in [0.2, 0.25) is 0 Å². The van der Waals surface area contributed by atoms with Gasteiger partial charge in [0, 0.05) is 6.07 Å². The summed E-state index contributed by atoms with van der Waals surface area (Å²) in [6.07, 6.45) is 3.60. The summed E-state index contributed by atoms with van der Waals surface area (Å²) >= 11 is 0. The lowest BCUT2D eigenvalue weighted by atomic mass is 10.2. The van der Waals surface area contributed by atoms with E-state index in [-0.39, 0.29) is 11.9 Å². The first-order valence-corrected chi connectivity index (χ1v) is 8.10. The van der Waals surface area contributed by atoms with E-state index < -0.39 is 0 Å². The van der Waals surface area contributed by atoms with Crippen molar-refractivity contribution >= 4 is 11.7 Å². The Morgan fingerprint density at radius 3 is 2.74 bits per heavy atom. The lowest BCUT2D eigenvalue weighted by Crippen LogP contribution is -2.87. The Morgan fingerprint density at radius 1 is 1.26 bits per heavy atom. The quantitative estimate of drug-likeness (QED) is 0.849. The molecule has 2 aromatic rings. The van der Waals surface area contributed by atoms with Gasteiger partial charge in [-0.1, -0.05) is 6.07 Å². The zero-order chi connectivity index (χ0) is 16.1. The van der Waals surface area contributed by atoms with Crippen molar-refractivity contribution in [2.24, 2.45) is 0 Å². The average Bonchev–Trinajstić information content (AvgIpc) is 3.15. The molecular weight excluding hydrogens is 292 g/mol. The largest absolute Gasteiger partial charge is 0.463 e. The molecule has 23 heavy (non-hydrogen) atoms. The number of nitrogens with zero attached hydrogens (tertiary/aromatic N) is 2. The van der Waals surface area contributed by atoms with Gasteiger partial charge >= 0.3 is 0 Å². The van der Waals surface area contributed by atoms with Crippen LogP contribution >= 0.6 is 0 Å². The highest BCUT2D eigenvalue weighted by Crippen LogP contribution is 2.10. The van der Waals surface area contributed by atoms with Crippen molar-refractivity contribution in [2.75, 3.05) is 37.6 Å². The van der Waals surface area contributed by atoms with Crippen molar-refractivity contribution in [2.45, 2.75) is 13.0 Å². The van der Waals surface area contributed by atoms with Gasteiger partial charge in [-0.3, -0.25) is 9.69 Å². The van der Waals surface area contributed by atoms with Gasteiger partial charge < -0.3 is 14.6 Å². The predicted molar refractivity (Wildman–Crippen MR) is 85.7 cm³/mol. The highest BCUT2D eigenvalue weighted by Gasteiger charge is 2.27. The average molecular weight is 316 g/mol. The normalized spacial score (nSPS) is 16.4. The third-order valence-electron chi connectivity index (χ3n) is 4.30. The molecule has 0 radical (unpaired) electrons. The number of aromatic amines is 1. The summed E-state index contributed by atoms with van der Waals surface area (Å²) in [6.45, 7) is 5.77. The fourth-order valence-electron chi connectivity index (χ4n) is 2.85. The first kappa shape index (κ1) is 15.6. The number of carbonyl (C=O) groups excluding carboxylic acids is 1. The van der Waals surface area contributed by atoms with Crippen LogP contribution in [0.25, 0.3) is 0 Å². The maximum absolute atomic E-state index is 12.4. The first-order valence-electron chi connectivity index (χ1n) is 8.10. The van der Waals surface area contributed by atoms with Crippen LogP contribution in [0.15, 0.2) is 47.2 Å². The number of rotatable bonds is 5. The van der Waals surface area contributed by atoms with Crippen LogP contribution in [-0.2, 0) is 4.79 Å². The van der Waals surface area contributed by atoms with Crippen LogP contribution in [-0.4, -0.2) is 43.5 Å². The molecule has 0 aromatic carbocycles. The van der Waals surface area contributed by atoms with Gasteiger partial charge in [-0.05, 0) is 25.1 Å². The molecule has 0 aliphatic carbocycles. The summed E-state index contributed by atoms with van der Waals surface area (Å²) in [6, 6.07) is 10.0. The molecule has 0 saturated carbocycles. The number of carbonyl (C=O) groups is 1.